The Morgan fingerprint density at radius 2 is 2.17 bits per heavy atom. The Hall–Kier alpha value is -2.41. The molecule has 1 saturated heterocycles. The van der Waals surface area contributed by atoms with E-state index in [0.717, 1.165) is 30.8 Å². The zero-order valence-electron chi connectivity index (χ0n) is 12.6. The third-order valence-corrected chi connectivity index (χ3v) is 3.59. The second-order valence-electron chi connectivity index (χ2n) is 5.38. The molecule has 0 aliphatic carbocycles. The maximum Gasteiger partial charge on any atom is 0.303 e. The Labute approximate surface area is 133 Å². The molecule has 0 radical (unpaired) electrons. The van der Waals surface area contributed by atoms with Crippen LogP contribution in [0, 0.1) is 0 Å². The van der Waals surface area contributed by atoms with Crippen LogP contribution in [0.3, 0.4) is 0 Å². The van der Waals surface area contributed by atoms with Crippen LogP contribution in [0.25, 0.3) is 11.4 Å². The molecular formula is C16H18N2O5. The van der Waals surface area contributed by atoms with E-state index in [0.29, 0.717) is 18.3 Å². The SMILES string of the molecule is O=C(O)CCc1nc(-c2ccc(OC[C@@H]3CCCO3)cc2)no1. The number of nitrogens with zero attached hydrogens (tertiary/aromatic N) is 2. The largest absolute Gasteiger partial charge is 0.491 e. The molecule has 1 aliphatic rings. The lowest BCUT2D eigenvalue weighted by molar-refractivity contribution is -0.137. The molecule has 1 aliphatic heterocycles. The van der Waals surface area contributed by atoms with Gasteiger partial charge in [0, 0.05) is 18.6 Å². The molecule has 0 saturated carbocycles. The van der Waals surface area contributed by atoms with Crippen molar-refractivity contribution in [1.82, 2.24) is 10.1 Å². The van der Waals surface area contributed by atoms with E-state index < -0.39 is 5.97 Å². The normalized spacial score (nSPS) is 17.3. The number of carbonyl (C=O) groups is 1. The van der Waals surface area contributed by atoms with Crippen LogP contribution in [0.2, 0.25) is 0 Å². The highest BCUT2D eigenvalue weighted by molar-refractivity contribution is 5.66. The fourth-order valence-electron chi connectivity index (χ4n) is 2.35. The van der Waals surface area contributed by atoms with Crippen molar-refractivity contribution in [3.8, 4) is 17.1 Å². The number of ether oxygens (including phenoxy) is 2. The van der Waals surface area contributed by atoms with Crippen molar-refractivity contribution in [2.45, 2.75) is 31.8 Å². The molecule has 122 valence electrons. The van der Waals surface area contributed by atoms with Crippen molar-refractivity contribution in [2.75, 3.05) is 13.2 Å². The Morgan fingerprint density at radius 3 is 2.87 bits per heavy atom. The van der Waals surface area contributed by atoms with Crippen LogP contribution in [0.4, 0.5) is 0 Å². The zero-order chi connectivity index (χ0) is 16.1. The Balaban J connectivity index is 1.57. The summed E-state index contributed by atoms with van der Waals surface area (Å²) in [6.07, 6.45) is 2.51. The van der Waals surface area contributed by atoms with Crippen LogP contribution < -0.4 is 4.74 Å². The maximum absolute atomic E-state index is 10.5. The molecule has 3 rings (SSSR count). The number of hydrogen-bond donors (Lipinski definition) is 1. The lowest BCUT2D eigenvalue weighted by Crippen LogP contribution is -2.16. The van der Waals surface area contributed by atoms with Crippen LogP contribution >= 0.6 is 0 Å². The summed E-state index contributed by atoms with van der Waals surface area (Å²) in [5, 5.41) is 12.5. The number of rotatable bonds is 7. The summed E-state index contributed by atoms with van der Waals surface area (Å²) in [5.74, 6) is 0.633. The predicted octanol–water partition coefficient (Wildman–Crippen LogP) is 2.31. The quantitative estimate of drug-likeness (QED) is 0.837. The van der Waals surface area contributed by atoms with Gasteiger partial charge >= 0.3 is 5.97 Å². The highest BCUT2D eigenvalue weighted by Gasteiger charge is 2.16. The summed E-state index contributed by atoms with van der Waals surface area (Å²) >= 11 is 0. The van der Waals surface area contributed by atoms with E-state index in [1.54, 1.807) is 0 Å². The minimum Gasteiger partial charge on any atom is -0.491 e. The summed E-state index contributed by atoms with van der Waals surface area (Å²) in [6, 6.07) is 7.38. The molecule has 7 nitrogen and oxygen atoms in total. The number of benzene rings is 1. The summed E-state index contributed by atoms with van der Waals surface area (Å²) in [6.45, 7) is 1.37. The van der Waals surface area contributed by atoms with Crippen LogP contribution in [0.1, 0.15) is 25.2 Å². The highest BCUT2D eigenvalue weighted by Crippen LogP contribution is 2.21. The van der Waals surface area contributed by atoms with Crippen molar-refractivity contribution >= 4 is 5.97 Å². The Morgan fingerprint density at radius 1 is 1.35 bits per heavy atom. The molecule has 2 aromatic rings. The number of carboxylic acid groups (broad SMARTS) is 1. The van der Waals surface area contributed by atoms with Crippen molar-refractivity contribution in [2.24, 2.45) is 0 Å². The average Bonchev–Trinajstić information content (AvgIpc) is 3.23. The van der Waals surface area contributed by atoms with Gasteiger partial charge < -0.3 is 19.1 Å². The van der Waals surface area contributed by atoms with Crippen LogP contribution in [-0.4, -0.2) is 40.5 Å². The van der Waals surface area contributed by atoms with Gasteiger partial charge in [0.2, 0.25) is 11.7 Å². The third-order valence-electron chi connectivity index (χ3n) is 3.59. The summed E-state index contributed by atoms with van der Waals surface area (Å²) < 4.78 is 16.2. The number of aryl methyl sites for hydroxylation is 1. The smallest absolute Gasteiger partial charge is 0.303 e. The first-order chi connectivity index (χ1) is 11.2. The average molecular weight is 318 g/mol. The maximum atomic E-state index is 10.5. The minimum atomic E-state index is -0.891. The van der Waals surface area contributed by atoms with Gasteiger partial charge in [-0.15, -0.1) is 0 Å². The zero-order valence-corrected chi connectivity index (χ0v) is 12.6. The number of carboxylic acids is 1. The topological polar surface area (TPSA) is 94.7 Å². The molecule has 1 N–H and O–H groups in total. The second kappa shape index (κ2) is 7.23. The standard InChI is InChI=1S/C16H18N2O5/c19-15(20)8-7-14-17-16(18-23-14)11-3-5-12(6-4-11)22-10-13-2-1-9-21-13/h3-6,13H,1-2,7-10H2,(H,19,20)/t13-/m0/s1. The molecule has 0 amide bonds. The van der Waals surface area contributed by atoms with Gasteiger partial charge in [-0.2, -0.15) is 4.98 Å². The lowest BCUT2D eigenvalue weighted by Gasteiger charge is -2.11. The van der Waals surface area contributed by atoms with Gasteiger partial charge in [-0.05, 0) is 37.1 Å². The van der Waals surface area contributed by atoms with E-state index in [9.17, 15) is 4.79 Å². The van der Waals surface area contributed by atoms with Gasteiger partial charge in [0.25, 0.3) is 0 Å². The molecule has 0 unspecified atom stereocenters. The second-order valence-corrected chi connectivity index (χ2v) is 5.38. The van der Waals surface area contributed by atoms with Gasteiger partial charge in [-0.25, -0.2) is 0 Å². The van der Waals surface area contributed by atoms with Crippen molar-refractivity contribution in [3.63, 3.8) is 0 Å². The Kier molecular flexibility index (Phi) is 4.87. The van der Waals surface area contributed by atoms with E-state index in [-0.39, 0.29) is 18.9 Å². The molecule has 1 aromatic carbocycles. The number of hydrogen-bond acceptors (Lipinski definition) is 6. The van der Waals surface area contributed by atoms with E-state index >= 15 is 0 Å². The lowest BCUT2D eigenvalue weighted by atomic mass is 10.2. The van der Waals surface area contributed by atoms with E-state index in [4.69, 9.17) is 19.1 Å². The molecule has 1 aromatic heterocycles. The van der Waals surface area contributed by atoms with Crippen LogP contribution in [-0.2, 0) is 16.0 Å². The molecular weight excluding hydrogens is 300 g/mol. The predicted molar refractivity (Wildman–Crippen MR) is 80.2 cm³/mol. The first-order valence-electron chi connectivity index (χ1n) is 7.60. The minimum absolute atomic E-state index is 0.0301. The monoisotopic (exact) mass is 318 g/mol. The van der Waals surface area contributed by atoms with E-state index in [1.165, 1.54) is 0 Å². The molecule has 23 heavy (non-hydrogen) atoms. The van der Waals surface area contributed by atoms with E-state index in [1.807, 2.05) is 24.3 Å². The number of aromatic nitrogens is 2. The van der Waals surface area contributed by atoms with Gasteiger partial charge in [0.1, 0.15) is 12.4 Å². The van der Waals surface area contributed by atoms with Gasteiger partial charge in [0.15, 0.2) is 0 Å². The highest BCUT2D eigenvalue weighted by atomic mass is 16.5. The molecule has 0 spiro atoms. The summed E-state index contributed by atoms with van der Waals surface area (Å²) in [5.41, 5.74) is 0.791. The van der Waals surface area contributed by atoms with Crippen molar-refractivity contribution < 1.29 is 23.9 Å². The fraction of sp³-hybridized carbons (Fsp3) is 0.438. The number of aliphatic carboxylic acids is 1. The summed E-state index contributed by atoms with van der Waals surface area (Å²) in [7, 11) is 0. The molecule has 0 bridgehead atoms. The van der Waals surface area contributed by atoms with Gasteiger partial charge in [0.05, 0.1) is 12.5 Å². The molecule has 1 atom stereocenters. The van der Waals surface area contributed by atoms with Crippen LogP contribution in [0.15, 0.2) is 28.8 Å². The third kappa shape index (κ3) is 4.29. The van der Waals surface area contributed by atoms with Crippen molar-refractivity contribution in [3.05, 3.63) is 30.2 Å². The van der Waals surface area contributed by atoms with Crippen LogP contribution in [0.5, 0.6) is 5.75 Å². The first kappa shape index (κ1) is 15.5. The summed E-state index contributed by atoms with van der Waals surface area (Å²) in [4.78, 5) is 14.7. The molecule has 2 heterocycles. The Bertz CT molecular complexity index is 647. The van der Waals surface area contributed by atoms with Crippen molar-refractivity contribution in [1.29, 1.82) is 0 Å². The molecule has 7 heteroatoms. The first-order valence-corrected chi connectivity index (χ1v) is 7.60. The fourth-order valence-corrected chi connectivity index (χ4v) is 2.35. The van der Waals surface area contributed by atoms with E-state index in [2.05, 4.69) is 10.1 Å². The molecule has 1 fully saturated rings. The van der Waals surface area contributed by atoms with Gasteiger partial charge in [-0.1, -0.05) is 5.16 Å². The van der Waals surface area contributed by atoms with Gasteiger partial charge in [-0.3, -0.25) is 4.79 Å².